The Hall–Kier alpha value is -2.01. The van der Waals surface area contributed by atoms with Gasteiger partial charge in [0.05, 0.1) is 0 Å². The minimum Gasteiger partial charge on any atom is -0.147 e. The predicted octanol–water partition coefficient (Wildman–Crippen LogP) is 6.94. The molecular formula is C32H47ClMnN2O2. The Morgan fingerprint density at radius 3 is 1.58 bits per heavy atom. The first-order valence-corrected chi connectivity index (χ1v) is 14.2. The SMILES string of the molecule is CCNCc1cc(C)cc(C(C)(C)C)c1O.Cc1cc(C[NH][Mn][c]2ccccc2)c(O)c(C(C)(C)C)c1.Cl. The molecule has 0 radical (unpaired) electrons. The van der Waals surface area contributed by atoms with Gasteiger partial charge in [0, 0.05) is 12.1 Å². The third-order valence-corrected chi connectivity index (χ3v) is 7.17. The smallest absolute Gasteiger partial charge is 0.147 e. The van der Waals surface area contributed by atoms with Crippen molar-refractivity contribution in [3.05, 3.63) is 88.0 Å². The van der Waals surface area contributed by atoms with Crippen LogP contribution >= 0.6 is 12.4 Å². The summed E-state index contributed by atoms with van der Waals surface area (Å²) >= 11 is 0.513. The van der Waals surface area contributed by atoms with Gasteiger partial charge in [-0.2, -0.15) is 0 Å². The Bertz CT molecular complexity index is 1150. The van der Waals surface area contributed by atoms with Crippen LogP contribution in [0.5, 0.6) is 11.5 Å². The molecule has 211 valence electrons. The average molecular weight is 582 g/mol. The molecule has 0 unspecified atom stereocenters. The summed E-state index contributed by atoms with van der Waals surface area (Å²) in [6, 6.07) is 18.6. The summed E-state index contributed by atoms with van der Waals surface area (Å²) in [5, 5.41) is 24.0. The summed E-state index contributed by atoms with van der Waals surface area (Å²) in [4.78, 5) is 0. The van der Waals surface area contributed by atoms with Gasteiger partial charge < -0.3 is 10.4 Å². The molecule has 3 rings (SSSR count). The van der Waals surface area contributed by atoms with Gasteiger partial charge in [-0.3, -0.25) is 0 Å². The van der Waals surface area contributed by atoms with Crippen LogP contribution in [-0.4, -0.2) is 16.8 Å². The number of halogens is 1. The van der Waals surface area contributed by atoms with E-state index in [0.29, 0.717) is 33.2 Å². The van der Waals surface area contributed by atoms with Crippen molar-refractivity contribution in [1.29, 1.82) is 0 Å². The summed E-state index contributed by atoms with van der Waals surface area (Å²) in [6.45, 7) is 21.3. The van der Waals surface area contributed by atoms with Gasteiger partial charge in [-0.1, -0.05) is 45.4 Å². The number of hydrogen-bond acceptors (Lipinski definition) is 4. The second-order valence-corrected chi connectivity index (χ2v) is 13.0. The van der Waals surface area contributed by atoms with E-state index >= 15 is 0 Å². The summed E-state index contributed by atoms with van der Waals surface area (Å²) in [6.07, 6.45) is 0. The van der Waals surface area contributed by atoms with E-state index in [2.05, 4.69) is 102 Å². The van der Waals surface area contributed by atoms with Crippen molar-refractivity contribution in [3.63, 3.8) is 0 Å². The van der Waals surface area contributed by atoms with Crippen LogP contribution in [0.1, 0.15) is 81.8 Å². The minimum absolute atomic E-state index is 0. The Kier molecular flexibility index (Phi) is 13.4. The molecule has 0 aliphatic carbocycles. The monoisotopic (exact) mass is 581 g/mol. The molecule has 0 bridgehead atoms. The zero-order chi connectivity index (χ0) is 27.8. The molecule has 4 nitrogen and oxygen atoms in total. The molecule has 0 spiro atoms. The van der Waals surface area contributed by atoms with E-state index in [1.807, 2.05) is 24.3 Å². The number of benzene rings is 3. The Morgan fingerprint density at radius 2 is 1.16 bits per heavy atom. The van der Waals surface area contributed by atoms with E-state index in [4.69, 9.17) is 0 Å². The second kappa shape index (κ2) is 15.0. The van der Waals surface area contributed by atoms with Crippen LogP contribution in [0.25, 0.3) is 0 Å². The van der Waals surface area contributed by atoms with Crippen molar-refractivity contribution in [1.82, 2.24) is 9.65 Å². The van der Waals surface area contributed by atoms with Gasteiger partial charge in [-0.05, 0) is 24.4 Å². The second-order valence-electron chi connectivity index (χ2n) is 11.6. The maximum atomic E-state index is 10.5. The largest absolute Gasteiger partial charge is 0.147 e. The van der Waals surface area contributed by atoms with Gasteiger partial charge in [-0.15, -0.1) is 12.4 Å². The number of hydrogen-bond donors (Lipinski definition) is 4. The summed E-state index contributed by atoms with van der Waals surface area (Å²) in [5.41, 5.74) is 6.34. The molecule has 0 fully saturated rings. The summed E-state index contributed by atoms with van der Waals surface area (Å²) in [7, 11) is 0. The first-order valence-electron chi connectivity index (χ1n) is 13.0. The molecule has 3 aromatic rings. The Labute approximate surface area is 243 Å². The third-order valence-electron chi connectivity index (χ3n) is 6.01. The molecule has 0 saturated carbocycles. The van der Waals surface area contributed by atoms with Crippen LogP contribution in [0.3, 0.4) is 0 Å². The molecule has 4 N–H and O–H groups in total. The molecule has 38 heavy (non-hydrogen) atoms. The molecule has 6 heteroatoms. The predicted molar refractivity (Wildman–Crippen MR) is 161 cm³/mol. The van der Waals surface area contributed by atoms with Gasteiger partial charge in [0.1, 0.15) is 5.75 Å². The van der Waals surface area contributed by atoms with Crippen LogP contribution < -0.4 is 14.1 Å². The first kappa shape index (κ1) is 34.0. The average Bonchev–Trinajstić information content (AvgIpc) is 2.81. The summed E-state index contributed by atoms with van der Waals surface area (Å²) in [5.74, 6) is 0.873. The van der Waals surface area contributed by atoms with Crippen molar-refractivity contribution in [2.75, 3.05) is 6.54 Å². The van der Waals surface area contributed by atoms with Crippen molar-refractivity contribution in [3.8, 4) is 11.5 Å². The molecule has 0 aliphatic heterocycles. The van der Waals surface area contributed by atoms with E-state index in [1.165, 1.54) is 15.6 Å². The standard InChI is InChI=1S/C14H23NO.C12H18NO.C6H5.ClH.Mn/c1-6-15-9-11-7-10(2)8-12(13(11)16)14(3,4)5;1-8-5-9(7-13)11(14)10(6-8)12(2,3)4;1-2-4-6-5-3-1;;/h7-8,15-16H,6,9H2,1-5H3;5-6,13-14H,7H2,1-4H3;1-5H;1H;/q;-1;;;+1. The zero-order valence-electron chi connectivity index (χ0n) is 24.5. The normalized spacial score (nSPS) is 11.4. The fourth-order valence-electron chi connectivity index (χ4n) is 4.04. The molecule has 0 heterocycles. The number of aryl methyl sites for hydroxylation is 2. The van der Waals surface area contributed by atoms with E-state index < -0.39 is 0 Å². The molecule has 3 aromatic carbocycles. The molecule has 0 atom stereocenters. The molecule has 0 amide bonds. The van der Waals surface area contributed by atoms with E-state index in [-0.39, 0.29) is 23.2 Å². The molecule has 0 aromatic heterocycles. The van der Waals surface area contributed by atoms with Crippen LogP contribution in [-0.2, 0) is 39.1 Å². The van der Waals surface area contributed by atoms with Crippen molar-refractivity contribution in [2.45, 2.75) is 86.2 Å². The van der Waals surface area contributed by atoms with Crippen LogP contribution in [0, 0.1) is 13.8 Å². The molecule has 0 saturated heterocycles. The van der Waals surface area contributed by atoms with Crippen molar-refractivity contribution in [2.24, 2.45) is 0 Å². The van der Waals surface area contributed by atoms with Gasteiger partial charge in [0.25, 0.3) is 0 Å². The summed E-state index contributed by atoms with van der Waals surface area (Å²) < 4.78 is 4.72. The van der Waals surface area contributed by atoms with Crippen LogP contribution in [0.2, 0.25) is 0 Å². The fraction of sp³-hybridized carbons (Fsp3) is 0.438. The maximum absolute atomic E-state index is 10.5. The number of rotatable bonds is 7. The molecular weight excluding hydrogens is 535 g/mol. The van der Waals surface area contributed by atoms with Gasteiger partial charge >= 0.3 is 134 Å². The van der Waals surface area contributed by atoms with Gasteiger partial charge in [0.15, 0.2) is 0 Å². The van der Waals surface area contributed by atoms with Gasteiger partial charge in [-0.25, -0.2) is 0 Å². The Morgan fingerprint density at radius 1 is 0.711 bits per heavy atom. The number of nitrogens with one attached hydrogen (secondary N) is 2. The molecule has 0 aliphatic rings. The van der Waals surface area contributed by atoms with E-state index in [9.17, 15) is 10.2 Å². The number of aromatic hydroxyl groups is 2. The van der Waals surface area contributed by atoms with Gasteiger partial charge in [0.2, 0.25) is 0 Å². The third kappa shape index (κ3) is 10.3. The van der Waals surface area contributed by atoms with E-state index in [1.54, 1.807) is 0 Å². The number of phenols is 2. The number of phenolic OH excluding ortho intramolecular Hbond substituents is 2. The van der Waals surface area contributed by atoms with Crippen LogP contribution in [0.4, 0.5) is 0 Å². The van der Waals surface area contributed by atoms with Crippen molar-refractivity contribution >= 4 is 16.9 Å². The quantitative estimate of drug-likeness (QED) is 0.228. The minimum atomic E-state index is -0.0488. The van der Waals surface area contributed by atoms with Crippen molar-refractivity contribution < 1.29 is 25.4 Å². The zero-order valence-corrected chi connectivity index (χ0v) is 26.5. The topological polar surface area (TPSA) is 64.5 Å². The fourth-order valence-corrected chi connectivity index (χ4v) is 5.03. The maximum Gasteiger partial charge on any atom is -0.147 e. The first-order chi connectivity index (χ1) is 17.2. The van der Waals surface area contributed by atoms with E-state index in [0.717, 1.165) is 35.3 Å². The Balaban J connectivity index is 0.000000384. The van der Waals surface area contributed by atoms with Crippen LogP contribution in [0.15, 0.2) is 54.6 Å².